The van der Waals surface area contributed by atoms with Gasteiger partial charge in [0.15, 0.2) is 0 Å². The summed E-state index contributed by atoms with van der Waals surface area (Å²) < 4.78 is 5.61. The minimum Gasteiger partial charge on any atom is -0.379 e. The minimum absolute atomic E-state index is 0. The molecule has 0 aromatic rings. The van der Waals surface area contributed by atoms with Crippen LogP contribution >= 0.6 is 12.4 Å². The second-order valence-electron chi connectivity index (χ2n) is 6.22. The average Bonchev–Trinajstić information content (AvgIpc) is 2.90. The Morgan fingerprint density at radius 1 is 1.33 bits per heavy atom. The van der Waals surface area contributed by atoms with Crippen LogP contribution < -0.4 is 10.6 Å². The third-order valence-electron chi connectivity index (χ3n) is 4.95. The second kappa shape index (κ2) is 6.56. The fourth-order valence-corrected chi connectivity index (χ4v) is 3.57. The van der Waals surface area contributed by atoms with E-state index in [-0.39, 0.29) is 12.4 Å². The summed E-state index contributed by atoms with van der Waals surface area (Å²) in [6.07, 6.45) is 5.57. The maximum atomic E-state index is 5.61. The van der Waals surface area contributed by atoms with Gasteiger partial charge in [-0.25, -0.2) is 0 Å². The lowest BCUT2D eigenvalue weighted by Crippen LogP contribution is -2.51. The topological polar surface area (TPSA) is 33.3 Å². The normalized spacial score (nSPS) is 43.5. The highest BCUT2D eigenvalue weighted by atomic mass is 35.5. The van der Waals surface area contributed by atoms with Gasteiger partial charge in [0.05, 0.1) is 13.2 Å². The first-order chi connectivity index (χ1) is 8.34. The first-order valence-corrected chi connectivity index (χ1v) is 7.39. The van der Waals surface area contributed by atoms with Gasteiger partial charge in [0.2, 0.25) is 0 Å². The lowest BCUT2D eigenvalue weighted by atomic mass is 9.94. The van der Waals surface area contributed by atoms with E-state index in [1.165, 1.54) is 32.2 Å². The van der Waals surface area contributed by atoms with Crippen molar-refractivity contribution >= 4 is 12.4 Å². The Hall–Kier alpha value is 0.170. The molecule has 18 heavy (non-hydrogen) atoms. The SMILES string of the molecule is CC1CC1CNC1CCCC1C1COCCN1.Cl. The van der Waals surface area contributed by atoms with Gasteiger partial charge in [-0.2, -0.15) is 0 Å². The van der Waals surface area contributed by atoms with Crippen molar-refractivity contribution in [3.05, 3.63) is 0 Å². The zero-order valence-corrected chi connectivity index (χ0v) is 12.2. The molecule has 2 N–H and O–H groups in total. The van der Waals surface area contributed by atoms with Crippen LogP contribution in [0.1, 0.15) is 32.6 Å². The van der Waals surface area contributed by atoms with Crippen LogP contribution in [0.3, 0.4) is 0 Å². The molecular weight excluding hydrogens is 248 g/mol. The van der Waals surface area contributed by atoms with Crippen LogP contribution in [0.2, 0.25) is 0 Å². The number of halogens is 1. The standard InChI is InChI=1S/C14H26N2O.ClH/c1-10-7-11(10)8-16-13-4-2-3-12(13)14-9-17-6-5-15-14;/h10-16H,2-9H2,1H3;1H. The molecule has 0 aromatic heterocycles. The van der Waals surface area contributed by atoms with E-state index in [0.29, 0.717) is 6.04 Å². The Morgan fingerprint density at radius 3 is 2.83 bits per heavy atom. The van der Waals surface area contributed by atoms with Gasteiger partial charge in [-0.1, -0.05) is 13.3 Å². The van der Waals surface area contributed by atoms with Gasteiger partial charge >= 0.3 is 0 Å². The van der Waals surface area contributed by atoms with Crippen molar-refractivity contribution in [2.75, 3.05) is 26.3 Å². The van der Waals surface area contributed by atoms with Crippen LogP contribution in [0.4, 0.5) is 0 Å². The fourth-order valence-electron chi connectivity index (χ4n) is 3.57. The number of hydrogen-bond donors (Lipinski definition) is 2. The molecule has 3 fully saturated rings. The van der Waals surface area contributed by atoms with Crippen LogP contribution in [0, 0.1) is 17.8 Å². The first-order valence-electron chi connectivity index (χ1n) is 7.39. The van der Waals surface area contributed by atoms with Crippen molar-refractivity contribution in [2.24, 2.45) is 17.8 Å². The van der Waals surface area contributed by atoms with E-state index in [2.05, 4.69) is 17.6 Å². The van der Waals surface area contributed by atoms with Crippen molar-refractivity contribution in [3.63, 3.8) is 0 Å². The Labute approximate surface area is 117 Å². The number of rotatable bonds is 4. The largest absolute Gasteiger partial charge is 0.379 e. The highest BCUT2D eigenvalue weighted by molar-refractivity contribution is 5.85. The van der Waals surface area contributed by atoms with Crippen molar-refractivity contribution in [1.82, 2.24) is 10.6 Å². The Balaban J connectivity index is 0.00000120. The first kappa shape index (κ1) is 14.6. The van der Waals surface area contributed by atoms with Crippen LogP contribution in [0.15, 0.2) is 0 Å². The molecule has 0 bridgehead atoms. The molecule has 4 heteroatoms. The quantitative estimate of drug-likeness (QED) is 0.820. The molecule has 3 rings (SSSR count). The van der Waals surface area contributed by atoms with Gasteiger partial charge in [0.1, 0.15) is 0 Å². The van der Waals surface area contributed by atoms with Crippen molar-refractivity contribution in [2.45, 2.75) is 44.7 Å². The third-order valence-corrected chi connectivity index (χ3v) is 4.95. The number of ether oxygens (including phenoxy) is 1. The van der Waals surface area contributed by atoms with Crippen molar-refractivity contribution in [1.29, 1.82) is 0 Å². The Kier molecular flexibility index (Phi) is 5.31. The molecule has 2 aliphatic carbocycles. The molecule has 2 saturated carbocycles. The second-order valence-corrected chi connectivity index (χ2v) is 6.22. The Bertz CT molecular complexity index is 258. The highest BCUT2D eigenvalue weighted by Gasteiger charge is 2.37. The van der Waals surface area contributed by atoms with E-state index in [1.54, 1.807) is 0 Å². The predicted octanol–water partition coefficient (Wildman–Crippen LogP) is 1.81. The summed E-state index contributed by atoms with van der Waals surface area (Å²) in [4.78, 5) is 0. The molecule has 106 valence electrons. The minimum atomic E-state index is 0. The van der Waals surface area contributed by atoms with E-state index >= 15 is 0 Å². The van der Waals surface area contributed by atoms with Gasteiger partial charge in [0.25, 0.3) is 0 Å². The van der Waals surface area contributed by atoms with Gasteiger partial charge < -0.3 is 15.4 Å². The van der Waals surface area contributed by atoms with E-state index in [4.69, 9.17) is 4.74 Å². The molecule has 3 nitrogen and oxygen atoms in total. The lowest BCUT2D eigenvalue weighted by molar-refractivity contribution is 0.0524. The van der Waals surface area contributed by atoms with Crippen LogP contribution in [0.5, 0.6) is 0 Å². The third kappa shape index (κ3) is 3.38. The van der Waals surface area contributed by atoms with Crippen LogP contribution in [-0.2, 0) is 4.74 Å². The lowest BCUT2D eigenvalue weighted by Gasteiger charge is -2.33. The molecule has 1 aliphatic heterocycles. The van der Waals surface area contributed by atoms with Crippen LogP contribution in [-0.4, -0.2) is 38.4 Å². The average molecular weight is 275 g/mol. The predicted molar refractivity (Wildman–Crippen MR) is 76.3 cm³/mol. The van der Waals surface area contributed by atoms with Crippen LogP contribution in [0.25, 0.3) is 0 Å². The molecule has 5 atom stereocenters. The van der Waals surface area contributed by atoms with Crippen molar-refractivity contribution < 1.29 is 4.74 Å². The van der Waals surface area contributed by atoms with Gasteiger partial charge in [-0.05, 0) is 43.6 Å². The molecule has 3 aliphatic rings. The molecule has 5 unspecified atom stereocenters. The van der Waals surface area contributed by atoms with Crippen molar-refractivity contribution in [3.8, 4) is 0 Å². The summed E-state index contributed by atoms with van der Waals surface area (Å²) in [5, 5.41) is 7.46. The summed E-state index contributed by atoms with van der Waals surface area (Å²) in [5.41, 5.74) is 0. The highest BCUT2D eigenvalue weighted by Crippen LogP contribution is 2.38. The van der Waals surface area contributed by atoms with Gasteiger partial charge in [-0.15, -0.1) is 12.4 Å². The molecule has 0 spiro atoms. The van der Waals surface area contributed by atoms with E-state index < -0.39 is 0 Å². The van der Waals surface area contributed by atoms with E-state index in [1.807, 2.05) is 0 Å². The molecule has 0 amide bonds. The summed E-state index contributed by atoms with van der Waals surface area (Å²) in [6, 6.07) is 1.34. The molecular formula is C14H27ClN2O. The van der Waals surface area contributed by atoms with E-state index in [0.717, 1.165) is 43.6 Å². The molecule has 0 radical (unpaired) electrons. The summed E-state index contributed by atoms with van der Waals surface area (Å²) in [6.45, 7) is 6.46. The van der Waals surface area contributed by atoms with Gasteiger partial charge in [0, 0.05) is 18.6 Å². The zero-order valence-electron chi connectivity index (χ0n) is 11.4. The number of nitrogens with one attached hydrogen (secondary N) is 2. The zero-order chi connectivity index (χ0) is 11.7. The van der Waals surface area contributed by atoms with E-state index in [9.17, 15) is 0 Å². The fraction of sp³-hybridized carbons (Fsp3) is 1.00. The molecule has 1 saturated heterocycles. The number of hydrogen-bond acceptors (Lipinski definition) is 3. The van der Waals surface area contributed by atoms with Gasteiger partial charge in [-0.3, -0.25) is 0 Å². The summed E-state index contributed by atoms with van der Waals surface area (Å²) in [7, 11) is 0. The number of morpholine rings is 1. The molecule has 1 heterocycles. The summed E-state index contributed by atoms with van der Waals surface area (Å²) in [5.74, 6) is 2.73. The Morgan fingerprint density at radius 2 is 2.17 bits per heavy atom. The monoisotopic (exact) mass is 274 g/mol. The summed E-state index contributed by atoms with van der Waals surface area (Å²) >= 11 is 0. The smallest absolute Gasteiger partial charge is 0.0623 e. The molecule has 0 aromatic carbocycles. The maximum absolute atomic E-state index is 5.61. The maximum Gasteiger partial charge on any atom is 0.0623 e.